The normalized spacial score (nSPS) is 10.7. The third kappa shape index (κ3) is 2.18. The summed E-state index contributed by atoms with van der Waals surface area (Å²) in [5.74, 6) is -0.839. The van der Waals surface area contributed by atoms with Crippen molar-refractivity contribution < 1.29 is 9.90 Å². The zero-order valence-electron chi connectivity index (χ0n) is 10.0. The Morgan fingerprint density at radius 2 is 2.16 bits per heavy atom. The van der Waals surface area contributed by atoms with Gasteiger partial charge in [0.1, 0.15) is 0 Å². The molecule has 2 aromatic heterocycles. The van der Waals surface area contributed by atoms with Crippen LogP contribution >= 0.6 is 0 Å². The SMILES string of the molecule is O=C(O)Cc1cccc(-c2cnc3cccnn23)c1. The summed E-state index contributed by atoms with van der Waals surface area (Å²) >= 11 is 0. The van der Waals surface area contributed by atoms with Crippen molar-refractivity contribution in [3.8, 4) is 11.3 Å². The molecule has 0 saturated carbocycles. The van der Waals surface area contributed by atoms with Crippen LogP contribution in [0.2, 0.25) is 0 Å². The van der Waals surface area contributed by atoms with Gasteiger partial charge in [-0.05, 0) is 23.8 Å². The maximum Gasteiger partial charge on any atom is 0.307 e. The molecular weight excluding hydrogens is 242 g/mol. The van der Waals surface area contributed by atoms with E-state index in [1.807, 2.05) is 30.3 Å². The summed E-state index contributed by atoms with van der Waals surface area (Å²) in [5.41, 5.74) is 3.28. The molecule has 5 nitrogen and oxygen atoms in total. The highest BCUT2D eigenvalue weighted by atomic mass is 16.4. The van der Waals surface area contributed by atoms with E-state index in [1.165, 1.54) is 0 Å². The Bertz CT molecular complexity index is 749. The van der Waals surface area contributed by atoms with Gasteiger partial charge in [0.2, 0.25) is 0 Å². The highest BCUT2D eigenvalue weighted by Crippen LogP contribution is 2.21. The van der Waals surface area contributed by atoms with Gasteiger partial charge in [-0.1, -0.05) is 18.2 Å². The van der Waals surface area contributed by atoms with Crippen molar-refractivity contribution >= 4 is 11.6 Å². The summed E-state index contributed by atoms with van der Waals surface area (Å²) < 4.78 is 1.74. The Morgan fingerprint density at radius 1 is 1.26 bits per heavy atom. The Balaban J connectivity index is 2.09. The Kier molecular flexibility index (Phi) is 2.72. The van der Waals surface area contributed by atoms with Crippen molar-refractivity contribution in [1.82, 2.24) is 14.6 Å². The molecule has 2 heterocycles. The van der Waals surface area contributed by atoms with Crippen molar-refractivity contribution in [2.24, 2.45) is 0 Å². The van der Waals surface area contributed by atoms with E-state index in [-0.39, 0.29) is 6.42 Å². The minimum atomic E-state index is -0.839. The van der Waals surface area contributed by atoms with E-state index >= 15 is 0 Å². The molecule has 3 aromatic rings. The van der Waals surface area contributed by atoms with Crippen molar-refractivity contribution in [2.75, 3.05) is 0 Å². The van der Waals surface area contributed by atoms with E-state index in [2.05, 4.69) is 10.1 Å². The minimum Gasteiger partial charge on any atom is -0.481 e. The molecular formula is C14H11N3O2. The maximum atomic E-state index is 10.7. The number of rotatable bonds is 3. The standard InChI is InChI=1S/C14H11N3O2/c18-14(19)8-10-3-1-4-11(7-10)12-9-15-13-5-2-6-16-17(12)13/h1-7,9H,8H2,(H,18,19). The molecule has 0 spiro atoms. The highest BCUT2D eigenvalue weighted by Gasteiger charge is 2.08. The lowest BCUT2D eigenvalue weighted by atomic mass is 10.1. The largest absolute Gasteiger partial charge is 0.481 e. The minimum absolute atomic E-state index is 0.0119. The molecule has 0 aliphatic carbocycles. The van der Waals surface area contributed by atoms with Crippen LogP contribution in [0.3, 0.4) is 0 Å². The van der Waals surface area contributed by atoms with Crippen molar-refractivity contribution in [3.05, 3.63) is 54.4 Å². The summed E-state index contributed by atoms with van der Waals surface area (Å²) in [5, 5.41) is 13.1. The van der Waals surface area contributed by atoms with E-state index in [9.17, 15) is 4.79 Å². The molecule has 19 heavy (non-hydrogen) atoms. The molecule has 94 valence electrons. The monoisotopic (exact) mass is 253 g/mol. The molecule has 0 aliphatic heterocycles. The Hall–Kier alpha value is -2.69. The summed E-state index contributed by atoms with van der Waals surface area (Å²) in [6, 6.07) is 11.1. The van der Waals surface area contributed by atoms with E-state index < -0.39 is 5.97 Å². The van der Waals surface area contributed by atoms with Gasteiger partial charge in [-0.15, -0.1) is 0 Å². The van der Waals surface area contributed by atoms with Crippen LogP contribution in [-0.4, -0.2) is 25.7 Å². The maximum absolute atomic E-state index is 10.7. The van der Waals surface area contributed by atoms with Gasteiger partial charge in [0.05, 0.1) is 18.3 Å². The van der Waals surface area contributed by atoms with Gasteiger partial charge < -0.3 is 5.11 Å². The smallest absolute Gasteiger partial charge is 0.307 e. The number of aromatic nitrogens is 3. The van der Waals surface area contributed by atoms with Crippen LogP contribution in [0, 0.1) is 0 Å². The number of aliphatic carboxylic acids is 1. The highest BCUT2D eigenvalue weighted by molar-refractivity contribution is 5.72. The number of hydrogen-bond acceptors (Lipinski definition) is 3. The van der Waals surface area contributed by atoms with Crippen LogP contribution in [0.4, 0.5) is 0 Å². The number of carbonyl (C=O) groups is 1. The quantitative estimate of drug-likeness (QED) is 0.775. The average molecular weight is 253 g/mol. The van der Waals surface area contributed by atoms with Crippen LogP contribution in [0.15, 0.2) is 48.8 Å². The first-order valence-electron chi connectivity index (χ1n) is 5.84. The zero-order valence-corrected chi connectivity index (χ0v) is 10.0. The predicted octanol–water partition coefficient (Wildman–Crippen LogP) is 2.02. The average Bonchev–Trinajstić information content (AvgIpc) is 2.82. The molecule has 0 saturated heterocycles. The first-order valence-corrected chi connectivity index (χ1v) is 5.84. The van der Waals surface area contributed by atoms with Crippen LogP contribution in [0.25, 0.3) is 16.9 Å². The fourth-order valence-electron chi connectivity index (χ4n) is 2.04. The zero-order chi connectivity index (χ0) is 13.2. The molecule has 0 atom stereocenters. The molecule has 0 unspecified atom stereocenters. The summed E-state index contributed by atoms with van der Waals surface area (Å²) in [4.78, 5) is 15.0. The number of hydrogen-bond donors (Lipinski definition) is 1. The number of benzene rings is 1. The molecule has 0 bridgehead atoms. The number of carboxylic acid groups (broad SMARTS) is 1. The first kappa shape index (κ1) is 11.4. The third-order valence-corrected chi connectivity index (χ3v) is 2.86. The van der Waals surface area contributed by atoms with Crippen LogP contribution in [-0.2, 0) is 11.2 Å². The second-order valence-corrected chi connectivity index (χ2v) is 4.21. The van der Waals surface area contributed by atoms with E-state index in [0.29, 0.717) is 0 Å². The third-order valence-electron chi connectivity index (χ3n) is 2.86. The molecule has 5 heteroatoms. The van der Waals surface area contributed by atoms with E-state index in [1.54, 1.807) is 23.0 Å². The van der Waals surface area contributed by atoms with Crippen molar-refractivity contribution in [1.29, 1.82) is 0 Å². The number of carboxylic acids is 1. The lowest BCUT2D eigenvalue weighted by molar-refractivity contribution is -0.136. The molecule has 0 fully saturated rings. The molecule has 0 amide bonds. The van der Waals surface area contributed by atoms with Gasteiger partial charge in [0, 0.05) is 11.8 Å². The van der Waals surface area contributed by atoms with Crippen LogP contribution in [0.1, 0.15) is 5.56 Å². The lowest BCUT2D eigenvalue weighted by Gasteiger charge is -2.03. The summed E-state index contributed by atoms with van der Waals surface area (Å²) in [6.07, 6.45) is 3.44. The fraction of sp³-hybridized carbons (Fsp3) is 0.0714. The van der Waals surface area contributed by atoms with E-state index in [4.69, 9.17) is 5.11 Å². The van der Waals surface area contributed by atoms with Crippen molar-refractivity contribution in [2.45, 2.75) is 6.42 Å². The lowest BCUT2D eigenvalue weighted by Crippen LogP contribution is -2.00. The van der Waals surface area contributed by atoms with Gasteiger partial charge >= 0.3 is 5.97 Å². The molecule has 0 radical (unpaired) electrons. The molecule has 1 N–H and O–H groups in total. The van der Waals surface area contributed by atoms with Crippen LogP contribution < -0.4 is 0 Å². The summed E-state index contributed by atoms with van der Waals surface area (Å²) in [6.45, 7) is 0. The number of imidazole rings is 1. The van der Waals surface area contributed by atoms with Crippen molar-refractivity contribution in [3.63, 3.8) is 0 Å². The fourth-order valence-corrected chi connectivity index (χ4v) is 2.04. The Morgan fingerprint density at radius 3 is 3.00 bits per heavy atom. The second-order valence-electron chi connectivity index (χ2n) is 4.21. The van der Waals surface area contributed by atoms with Gasteiger partial charge in [0.25, 0.3) is 0 Å². The predicted molar refractivity (Wildman–Crippen MR) is 69.8 cm³/mol. The van der Waals surface area contributed by atoms with Crippen LogP contribution in [0.5, 0.6) is 0 Å². The van der Waals surface area contributed by atoms with E-state index in [0.717, 1.165) is 22.5 Å². The molecule has 3 rings (SSSR count). The topological polar surface area (TPSA) is 67.5 Å². The van der Waals surface area contributed by atoms with Gasteiger partial charge in [-0.2, -0.15) is 5.10 Å². The summed E-state index contributed by atoms with van der Waals surface area (Å²) in [7, 11) is 0. The molecule has 0 aliphatic rings. The first-order chi connectivity index (χ1) is 9.24. The molecule has 1 aromatic carbocycles. The number of nitrogens with zero attached hydrogens (tertiary/aromatic N) is 3. The van der Waals surface area contributed by atoms with Gasteiger partial charge in [0.15, 0.2) is 5.65 Å². The van der Waals surface area contributed by atoms with Gasteiger partial charge in [-0.25, -0.2) is 9.50 Å². The number of fused-ring (bicyclic) bond motifs is 1. The Labute approximate surface area is 109 Å². The van der Waals surface area contributed by atoms with Gasteiger partial charge in [-0.3, -0.25) is 4.79 Å². The second kappa shape index (κ2) is 4.53.